The van der Waals surface area contributed by atoms with Crippen LogP contribution in [0.1, 0.15) is 44.6 Å². The zero-order valence-electron chi connectivity index (χ0n) is 25.3. The highest BCUT2D eigenvalue weighted by Gasteiger charge is 2.32. The summed E-state index contributed by atoms with van der Waals surface area (Å²) < 4.78 is 15.4. The first kappa shape index (κ1) is 31.4. The number of carbonyl (C=O) groups excluding carboxylic acids is 2. The number of hydrogen-bond donors (Lipinski definition) is 3. The molecule has 0 spiro atoms. The van der Waals surface area contributed by atoms with Crippen molar-refractivity contribution in [1.29, 1.82) is 0 Å². The number of rotatable bonds is 12. The number of halogens is 1. The van der Waals surface area contributed by atoms with Crippen LogP contribution in [0.4, 0.5) is 21.8 Å². The molecule has 11 nitrogen and oxygen atoms in total. The molecule has 0 bridgehead atoms. The van der Waals surface area contributed by atoms with Crippen LogP contribution < -0.4 is 16.0 Å². The molecule has 2 aromatic heterocycles. The molecule has 1 aliphatic heterocycles. The van der Waals surface area contributed by atoms with Crippen molar-refractivity contribution in [2.75, 3.05) is 50.9 Å². The van der Waals surface area contributed by atoms with Crippen molar-refractivity contribution in [3.63, 3.8) is 0 Å². The fraction of sp³-hybridized carbons (Fsp3) is 0.452. The van der Waals surface area contributed by atoms with Gasteiger partial charge in [-0.1, -0.05) is 24.8 Å². The number of hydrogen-bond acceptors (Lipinski definition) is 8. The Kier molecular flexibility index (Phi) is 11.0. The Bertz CT molecular complexity index is 1520. The Morgan fingerprint density at radius 1 is 1.26 bits per heavy atom. The predicted octanol–water partition coefficient (Wildman–Crippen LogP) is 3.42. The van der Waals surface area contributed by atoms with Crippen LogP contribution in [0.2, 0.25) is 0 Å². The van der Waals surface area contributed by atoms with E-state index >= 15 is 0 Å². The van der Waals surface area contributed by atoms with Crippen LogP contribution in [0.25, 0.3) is 10.9 Å². The summed E-state index contributed by atoms with van der Waals surface area (Å²) in [5.41, 5.74) is 2.05. The zero-order chi connectivity index (χ0) is 30.8. The Hall–Kier alpha value is -4.50. The SMILES string of the molecule is CCCNc1nc(Nc2ccc3c(F)nn(C)c3c2)ncc1C#CCCCNC(=O)[C@@H]1CCCN1C(=O)/C=C/CN(C)C. The first-order valence-corrected chi connectivity index (χ1v) is 14.7. The van der Waals surface area contributed by atoms with Gasteiger partial charge >= 0.3 is 0 Å². The lowest BCUT2D eigenvalue weighted by atomic mass is 10.2. The molecule has 0 saturated carbocycles. The van der Waals surface area contributed by atoms with Gasteiger partial charge in [-0.25, -0.2) is 4.98 Å². The summed E-state index contributed by atoms with van der Waals surface area (Å²) in [5, 5.41) is 13.7. The monoisotopic (exact) mass is 589 g/mol. The minimum Gasteiger partial charge on any atom is -0.369 e. The first-order chi connectivity index (χ1) is 20.8. The van der Waals surface area contributed by atoms with Crippen molar-refractivity contribution >= 4 is 40.2 Å². The van der Waals surface area contributed by atoms with Gasteiger partial charge in [0, 0.05) is 51.4 Å². The molecule has 1 aliphatic rings. The number of carbonyl (C=O) groups is 2. The van der Waals surface area contributed by atoms with Crippen molar-refractivity contribution < 1.29 is 14.0 Å². The minimum atomic E-state index is -0.507. The standard InChI is InChI=1S/C31H40FN9O2/c1-5-16-33-29-22(21-35-31(37-29)36-23-14-15-24-26(20-23)40(4)38-28(24)32)11-7-6-8-17-34-30(43)25-12-9-19-41(25)27(42)13-10-18-39(2)3/h10,13-15,20-21,25H,5-6,8-9,12,16-19H2,1-4H3,(H,34,43)(H2,33,35,36,37)/b13-10+/t25-/m0/s1. The third-order valence-corrected chi connectivity index (χ3v) is 6.96. The normalized spacial score (nSPS) is 14.7. The quantitative estimate of drug-likeness (QED) is 0.167. The number of anilines is 3. The smallest absolute Gasteiger partial charge is 0.246 e. The summed E-state index contributed by atoms with van der Waals surface area (Å²) in [5.74, 6) is 6.57. The number of aryl methyl sites for hydroxylation is 1. The molecule has 2 amide bonds. The first-order valence-electron chi connectivity index (χ1n) is 14.7. The number of nitrogens with one attached hydrogen (secondary N) is 3. The summed E-state index contributed by atoms with van der Waals surface area (Å²) in [6, 6.07) is 4.80. The Morgan fingerprint density at radius 3 is 2.88 bits per heavy atom. The molecule has 0 aliphatic carbocycles. The van der Waals surface area contributed by atoms with Gasteiger partial charge in [0.05, 0.1) is 22.7 Å². The molecule has 12 heteroatoms. The number of likely N-dealkylation sites (N-methyl/N-ethyl adjacent to an activating group) is 1. The lowest BCUT2D eigenvalue weighted by Gasteiger charge is -2.22. The second-order valence-corrected chi connectivity index (χ2v) is 10.7. The van der Waals surface area contributed by atoms with E-state index in [9.17, 15) is 14.0 Å². The summed E-state index contributed by atoms with van der Waals surface area (Å²) >= 11 is 0. The fourth-order valence-corrected chi connectivity index (χ4v) is 4.76. The van der Waals surface area contributed by atoms with Gasteiger partial charge in [-0.05, 0) is 58.0 Å². The third kappa shape index (κ3) is 8.51. The Morgan fingerprint density at radius 2 is 2.09 bits per heavy atom. The van der Waals surface area contributed by atoms with Crippen LogP contribution in [-0.2, 0) is 16.6 Å². The third-order valence-electron chi connectivity index (χ3n) is 6.96. The lowest BCUT2D eigenvalue weighted by Crippen LogP contribution is -2.45. The van der Waals surface area contributed by atoms with E-state index in [0.717, 1.165) is 19.4 Å². The maximum absolute atomic E-state index is 13.9. The van der Waals surface area contributed by atoms with Gasteiger partial charge in [-0.2, -0.15) is 9.37 Å². The van der Waals surface area contributed by atoms with Crippen LogP contribution in [-0.4, -0.2) is 87.7 Å². The van der Waals surface area contributed by atoms with Crippen LogP contribution >= 0.6 is 0 Å². The molecule has 1 fully saturated rings. The summed E-state index contributed by atoms with van der Waals surface area (Å²) in [6.45, 7) is 4.54. The number of amides is 2. The van der Waals surface area contributed by atoms with Crippen LogP contribution in [0.15, 0.2) is 36.5 Å². The topological polar surface area (TPSA) is 120 Å². The van der Waals surface area contributed by atoms with Gasteiger partial charge in [0.15, 0.2) is 0 Å². The van der Waals surface area contributed by atoms with E-state index in [4.69, 9.17) is 0 Å². The van der Waals surface area contributed by atoms with Crippen molar-refractivity contribution in [1.82, 2.24) is 34.9 Å². The highest BCUT2D eigenvalue weighted by Crippen LogP contribution is 2.24. The van der Waals surface area contributed by atoms with Gasteiger partial charge in [-0.15, -0.1) is 5.10 Å². The molecular formula is C31H40FN9O2. The highest BCUT2D eigenvalue weighted by molar-refractivity contribution is 5.93. The van der Waals surface area contributed by atoms with E-state index in [1.165, 1.54) is 4.68 Å². The van der Waals surface area contributed by atoms with E-state index in [1.54, 1.807) is 42.4 Å². The maximum Gasteiger partial charge on any atom is 0.246 e. The molecular weight excluding hydrogens is 549 g/mol. The van der Waals surface area contributed by atoms with Gasteiger partial charge in [-0.3, -0.25) is 14.3 Å². The van der Waals surface area contributed by atoms with E-state index in [1.807, 2.05) is 25.1 Å². The molecule has 1 saturated heterocycles. The predicted molar refractivity (Wildman–Crippen MR) is 166 cm³/mol. The van der Waals surface area contributed by atoms with Gasteiger partial charge in [0.1, 0.15) is 11.9 Å². The summed E-state index contributed by atoms with van der Waals surface area (Å²) in [4.78, 5) is 38.0. The summed E-state index contributed by atoms with van der Waals surface area (Å²) in [6.07, 6.45) is 8.71. The Balaban J connectivity index is 1.30. The number of likely N-dealkylation sites (tertiary alicyclic amines) is 1. The van der Waals surface area contributed by atoms with E-state index in [-0.39, 0.29) is 11.8 Å². The number of unbranched alkanes of at least 4 members (excludes halogenated alkanes) is 1. The van der Waals surface area contributed by atoms with Gasteiger partial charge < -0.3 is 25.8 Å². The molecule has 0 unspecified atom stereocenters. The van der Waals surface area contributed by atoms with Crippen molar-refractivity contribution in [2.24, 2.45) is 7.05 Å². The average Bonchev–Trinajstić information content (AvgIpc) is 3.58. The van der Waals surface area contributed by atoms with Crippen LogP contribution in [0.5, 0.6) is 0 Å². The molecule has 1 aromatic carbocycles. The summed E-state index contributed by atoms with van der Waals surface area (Å²) in [7, 11) is 5.57. The molecule has 43 heavy (non-hydrogen) atoms. The van der Waals surface area contributed by atoms with Crippen molar-refractivity contribution in [3.8, 4) is 11.8 Å². The van der Waals surface area contributed by atoms with Crippen molar-refractivity contribution in [3.05, 3.63) is 48.1 Å². The Labute approximate surface area is 251 Å². The molecule has 3 heterocycles. The van der Waals surface area contributed by atoms with Gasteiger partial charge in [0.2, 0.25) is 23.7 Å². The van der Waals surface area contributed by atoms with Crippen molar-refractivity contribution in [2.45, 2.75) is 45.1 Å². The second kappa shape index (κ2) is 15.1. The lowest BCUT2D eigenvalue weighted by molar-refractivity contribution is -0.135. The van der Waals surface area contributed by atoms with E-state index in [2.05, 4.69) is 49.8 Å². The molecule has 3 N–H and O–H groups in total. The fourth-order valence-electron chi connectivity index (χ4n) is 4.76. The number of fused-ring (bicyclic) bond motifs is 1. The number of benzene rings is 1. The van der Waals surface area contributed by atoms with E-state index in [0.29, 0.717) is 72.8 Å². The highest BCUT2D eigenvalue weighted by atomic mass is 19.1. The molecule has 0 radical (unpaired) electrons. The number of aromatic nitrogens is 4. The number of nitrogens with zero attached hydrogens (tertiary/aromatic N) is 6. The van der Waals surface area contributed by atoms with Crippen LogP contribution in [0, 0.1) is 17.8 Å². The molecule has 3 aromatic rings. The average molecular weight is 590 g/mol. The molecule has 1 atom stereocenters. The van der Waals surface area contributed by atoms with E-state index < -0.39 is 12.0 Å². The maximum atomic E-state index is 13.9. The van der Waals surface area contributed by atoms with Crippen LogP contribution in [0.3, 0.4) is 0 Å². The zero-order valence-corrected chi connectivity index (χ0v) is 25.3. The molecule has 4 rings (SSSR count). The molecule has 228 valence electrons. The minimum absolute atomic E-state index is 0.116. The largest absolute Gasteiger partial charge is 0.369 e. The second-order valence-electron chi connectivity index (χ2n) is 10.7. The van der Waals surface area contributed by atoms with Gasteiger partial charge in [0.25, 0.3) is 0 Å².